The molecule has 0 fully saturated rings. The first-order chi connectivity index (χ1) is 13.2. The molecule has 0 aliphatic carbocycles. The van der Waals surface area contributed by atoms with Gasteiger partial charge in [0.2, 0.25) is 5.76 Å². The Hall–Kier alpha value is -2.84. The number of hydrogen-bond acceptors (Lipinski definition) is 7. The molecule has 27 heavy (non-hydrogen) atoms. The van der Waals surface area contributed by atoms with Crippen LogP contribution in [-0.4, -0.2) is 28.2 Å². The summed E-state index contributed by atoms with van der Waals surface area (Å²) < 4.78 is 10.6. The number of carboxylic acids is 1. The summed E-state index contributed by atoms with van der Waals surface area (Å²) in [6, 6.07) is 11.0. The lowest BCUT2D eigenvalue weighted by atomic mass is 10.1. The van der Waals surface area contributed by atoms with E-state index in [2.05, 4.69) is 15.3 Å². The number of hydrogen-bond donors (Lipinski definition) is 1. The van der Waals surface area contributed by atoms with Gasteiger partial charge in [0.1, 0.15) is 27.7 Å². The number of benzene rings is 1. The van der Waals surface area contributed by atoms with Gasteiger partial charge in [-0.05, 0) is 29.8 Å². The van der Waals surface area contributed by atoms with E-state index in [0.29, 0.717) is 11.5 Å². The minimum Gasteiger partial charge on any atom is -0.497 e. The Morgan fingerprint density at radius 1 is 1.22 bits per heavy atom. The lowest BCUT2D eigenvalue weighted by Crippen LogP contribution is -1.92. The number of methoxy groups -OCH3 is 1. The molecule has 1 N–H and O–H groups in total. The zero-order chi connectivity index (χ0) is 18.8. The third-order valence-corrected chi connectivity index (χ3v) is 5.86. The SMILES string of the molecule is COc1ccc(-c2csc3ncnc(SCc4ccc(C(=O)O)o4)c23)cc1. The fourth-order valence-electron chi connectivity index (χ4n) is 2.65. The summed E-state index contributed by atoms with van der Waals surface area (Å²) in [6.45, 7) is 0. The van der Waals surface area contributed by atoms with Gasteiger partial charge in [-0.15, -0.1) is 11.3 Å². The van der Waals surface area contributed by atoms with Gasteiger partial charge in [-0.3, -0.25) is 0 Å². The van der Waals surface area contributed by atoms with E-state index < -0.39 is 5.97 Å². The summed E-state index contributed by atoms with van der Waals surface area (Å²) in [4.78, 5) is 20.7. The first-order valence-electron chi connectivity index (χ1n) is 7.97. The molecule has 0 bridgehead atoms. The van der Waals surface area contributed by atoms with Crippen LogP contribution in [0.5, 0.6) is 5.75 Å². The molecule has 0 saturated heterocycles. The molecule has 0 atom stereocenters. The Labute approximate surface area is 162 Å². The summed E-state index contributed by atoms with van der Waals surface area (Å²) >= 11 is 3.06. The Kier molecular flexibility index (Phi) is 4.83. The minimum absolute atomic E-state index is 0.0621. The lowest BCUT2D eigenvalue weighted by molar-refractivity contribution is 0.0661. The highest BCUT2D eigenvalue weighted by Crippen LogP contribution is 2.39. The molecule has 4 rings (SSSR count). The smallest absolute Gasteiger partial charge is 0.371 e. The minimum atomic E-state index is -1.07. The fraction of sp³-hybridized carbons (Fsp3) is 0.105. The molecule has 0 saturated carbocycles. The van der Waals surface area contributed by atoms with E-state index in [1.165, 1.54) is 17.8 Å². The summed E-state index contributed by atoms with van der Waals surface area (Å²) in [5.74, 6) is 0.738. The molecule has 3 aromatic heterocycles. The molecule has 4 aromatic rings. The van der Waals surface area contributed by atoms with Gasteiger partial charge in [-0.1, -0.05) is 23.9 Å². The molecule has 0 unspecified atom stereocenters. The molecule has 0 amide bonds. The topological polar surface area (TPSA) is 85.5 Å². The van der Waals surface area contributed by atoms with Gasteiger partial charge in [0, 0.05) is 10.9 Å². The maximum Gasteiger partial charge on any atom is 0.371 e. The average Bonchev–Trinajstić information content (AvgIpc) is 3.34. The predicted octanol–water partition coefficient (Wildman–Crippen LogP) is 4.95. The first-order valence-corrected chi connectivity index (χ1v) is 9.83. The summed E-state index contributed by atoms with van der Waals surface area (Å²) in [6.07, 6.45) is 1.55. The van der Waals surface area contributed by atoms with Gasteiger partial charge in [0.25, 0.3) is 0 Å². The number of carboxylic acid groups (broad SMARTS) is 1. The van der Waals surface area contributed by atoms with Crippen LogP contribution in [0.1, 0.15) is 16.3 Å². The monoisotopic (exact) mass is 398 g/mol. The van der Waals surface area contributed by atoms with E-state index in [9.17, 15) is 4.79 Å². The zero-order valence-electron chi connectivity index (χ0n) is 14.2. The number of fused-ring (bicyclic) bond motifs is 1. The summed E-state index contributed by atoms with van der Waals surface area (Å²) in [5.41, 5.74) is 2.12. The van der Waals surface area contributed by atoms with Crippen LogP contribution in [0.3, 0.4) is 0 Å². The average molecular weight is 398 g/mol. The second-order valence-electron chi connectivity index (χ2n) is 5.60. The third kappa shape index (κ3) is 3.54. The number of carbonyl (C=O) groups is 1. The highest BCUT2D eigenvalue weighted by atomic mass is 32.2. The highest BCUT2D eigenvalue weighted by molar-refractivity contribution is 7.98. The van der Waals surface area contributed by atoms with Crippen molar-refractivity contribution in [2.24, 2.45) is 0 Å². The largest absolute Gasteiger partial charge is 0.497 e. The lowest BCUT2D eigenvalue weighted by Gasteiger charge is -2.05. The van der Waals surface area contributed by atoms with Crippen LogP contribution in [0, 0.1) is 0 Å². The Morgan fingerprint density at radius 3 is 2.74 bits per heavy atom. The van der Waals surface area contributed by atoms with Crippen molar-refractivity contribution < 1.29 is 19.1 Å². The second kappa shape index (κ2) is 7.42. The molecule has 3 heterocycles. The normalized spacial score (nSPS) is 11.0. The van der Waals surface area contributed by atoms with Crippen LogP contribution >= 0.6 is 23.1 Å². The fourth-order valence-corrected chi connectivity index (χ4v) is 4.54. The van der Waals surface area contributed by atoms with Crippen LogP contribution in [0.25, 0.3) is 21.3 Å². The maximum atomic E-state index is 10.9. The molecule has 1 aromatic carbocycles. The quantitative estimate of drug-likeness (QED) is 0.363. The number of thiophene rings is 1. The van der Waals surface area contributed by atoms with E-state index in [1.807, 2.05) is 24.3 Å². The highest BCUT2D eigenvalue weighted by Gasteiger charge is 2.15. The molecular formula is C19H14N2O4S2. The van der Waals surface area contributed by atoms with Crippen molar-refractivity contribution in [2.45, 2.75) is 10.8 Å². The standard InChI is InChI=1S/C19H14N2O4S2/c1-24-12-4-2-11(3-5-12)14-9-27-18-16(14)17(20-10-21-18)26-8-13-6-7-15(25-13)19(22)23/h2-7,9-10H,8H2,1H3,(H,22,23). The molecule has 0 spiro atoms. The van der Waals surface area contributed by atoms with Crippen molar-refractivity contribution in [3.63, 3.8) is 0 Å². The van der Waals surface area contributed by atoms with Crippen LogP contribution in [0.4, 0.5) is 0 Å². The molecule has 0 radical (unpaired) electrons. The first kappa shape index (κ1) is 17.6. The van der Waals surface area contributed by atoms with Gasteiger partial charge in [0.15, 0.2) is 0 Å². The van der Waals surface area contributed by atoms with E-state index in [4.69, 9.17) is 14.3 Å². The number of ether oxygens (including phenoxy) is 1. The van der Waals surface area contributed by atoms with Crippen LogP contribution in [-0.2, 0) is 5.75 Å². The second-order valence-corrected chi connectivity index (χ2v) is 7.42. The van der Waals surface area contributed by atoms with Crippen LogP contribution in [0.2, 0.25) is 0 Å². The summed E-state index contributed by atoms with van der Waals surface area (Å²) in [7, 11) is 1.64. The molecule has 6 nitrogen and oxygen atoms in total. The Morgan fingerprint density at radius 2 is 2.04 bits per heavy atom. The van der Waals surface area contributed by atoms with Gasteiger partial charge in [0.05, 0.1) is 18.2 Å². The van der Waals surface area contributed by atoms with Crippen molar-refractivity contribution in [3.05, 3.63) is 59.6 Å². The van der Waals surface area contributed by atoms with Gasteiger partial charge in [-0.2, -0.15) is 0 Å². The van der Waals surface area contributed by atoms with Crippen molar-refractivity contribution in [1.82, 2.24) is 9.97 Å². The number of nitrogens with zero attached hydrogens (tertiary/aromatic N) is 2. The Balaban J connectivity index is 1.66. The number of aromatic nitrogens is 2. The molecule has 136 valence electrons. The van der Waals surface area contributed by atoms with Crippen LogP contribution in [0.15, 0.2) is 57.5 Å². The van der Waals surface area contributed by atoms with Crippen molar-refractivity contribution in [3.8, 4) is 16.9 Å². The number of rotatable bonds is 6. The summed E-state index contributed by atoms with van der Waals surface area (Å²) in [5, 5.41) is 12.9. The molecule has 0 aliphatic rings. The zero-order valence-corrected chi connectivity index (χ0v) is 15.8. The van der Waals surface area contributed by atoms with E-state index in [-0.39, 0.29) is 5.76 Å². The van der Waals surface area contributed by atoms with E-state index in [1.54, 1.807) is 30.8 Å². The van der Waals surface area contributed by atoms with Crippen molar-refractivity contribution in [2.75, 3.05) is 7.11 Å². The van der Waals surface area contributed by atoms with Gasteiger partial charge in [-0.25, -0.2) is 14.8 Å². The maximum absolute atomic E-state index is 10.9. The van der Waals surface area contributed by atoms with Gasteiger partial charge >= 0.3 is 5.97 Å². The van der Waals surface area contributed by atoms with E-state index in [0.717, 1.165) is 32.1 Å². The van der Waals surface area contributed by atoms with Crippen LogP contribution < -0.4 is 4.74 Å². The Bertz CT molecular complexity index is 1100. The van der Waals surface area contributed by atoms with Crippen molar-refractivity contribution in [1.29, 1.82) is 0 Å². The number of aromatic carboxylic acids is 1. The molecule has 0 aliphatic heterocycles. The number of thioether (sulfide) groups is 1. The van der Waals surface area contributed by atoms with E-state index >= 15 is 0 Å². The van der Waals surface area contributed by atoms with Crippen molar-refractivity contribution >= 4 is 39.3 Å². The molecule has 8 heteroatoms. The number of furan rings is 1. The predicted molar refractivity (Wildman–Crippen MR) is 105 cm³/mol. The molecular weight excluding hydrogens is 384 g/mol. The third-order valence-electron chi connectivity index (χ3n) is 3.96. The van der Waals surface area contributed by atoms with Gasteiger partial charge < -0.3 is 14.3 Å².